The zero-order valence-electron chi connectivity index (χ0n) is 8.57. The minimum Gasteiger partial charge on any atom is -0.462 e. The second-order valence-electron chi connectivity index (χ2n) is 3.34. The van der Waals surface area contributed by atoms with E-state index in [1.54, 1.807) is 17.4 Å². The van der Waals surface area contributed by atoms with E-state index in [0.29, 0.717) is 12.3 Å². The molecule has 0 aliphatic heterocycles. The molecule has 0 aliphatic rings. The van der Waals surface area contributed by atoms with Crippen molar-refractivity contribution in [2.24, 2.45) is 0 Å². The van der Waals surface area contributed by atoms with E-state index in [-0.39, 0.29) is 6.61 Å². The van der Waals surface area contributed by atoms with Crippen molar-refractivity contribution in [3.05, 3.63) is 45.0 Å². The third-order valence-corrected chi connectivity index (χ3v) is 3.33. The fraction of sp³-hybridized carbons (Fsp3) is 0.273. The average Bonchev–Trinajstić information content (AvgIpc) is 2.88. The molecule has 0 radical (unpaired) electrons. The molecule has 0 aliphatic carbocycles. The van der Waals surface area contributed by atoms with Crippen molar-refractivity contribution < 1.29 is 9.52 Å². The van der Waals surface area contributed by atoms with Gasteiger partial charge in [-0.25, -0.2) is 0 Å². The number of halogens is 1. The molecule has 0 amide bonds. The summed E-state index contributed by atoms with van der Waals surface area (Å²) in [5, 5.41) is 12.1. The Morgan fingerprint density at radius 2 is 2.00 bits per heavy atom. The lowest BCUT2D eigenvalue weighted by Crippen LogP contribution is -2.10. The number of hydrogen-bond acceptors (Lipinski definition) is 4. The summed E-state index contributed by atoms with van der Waals surface area (Å²) >= 11 is 7.39. The van der Waals surface area contributed by atoms with Crippen LogP contribution < -0.4 is 5.32 Å². The number of aliphatic hydroxyl groups is 1. The van der Waals surface area contributed by atoms with Crippen LogP contribution in [0.2, 0.25) is 4.34 Å². The standard InChI is InChI=1S/C11H12ClNO2S/c12-11-4-3-10(16-11)6-13-5-8-1-2-9(7-14)15-8/h1-4,13-14H,5-7H2. The van der Waals surface area contributed by atoms with Gasteiger partial charge in [0.2, 0.25) is 0 Å². The maximum Gasteiger partial charge on any atom is 0.129 e. The number of nitrogens with one attached hydrogen (secondary N) is 1. The lowest BCUT2D eigenvalue weighted by molar-refractivity contribution is 0.242. The van der Waals surface area contributed by atoms with Crippen LogP contribution in [0.4, 0.5) is 0 Å². The number of furan rings is 1. The first kappa shape index (κ1) is 11.7. The topological polar surface area (TPSA) is 45.4 Å². The summed E-state index contributed by atoms with van der Waals surface area (Å²) in [6.45, 7) is 1.36. The average molecular weight is 258 g/mol. The van der Waals surface area contributed by atoms with Crippen LogP contribution in [-0.2, 0) is 19.7 Å². The zero-order valence-corrected chi connectivity index (χ0v) is 10.1. The number of aliphatic hydroxyl groups excluding tert-OH is 1. The van der Waals surface area contributed by atoms with Gasteiger partial charge >= 0.3 is 0 Å². The van der Waals surface area contributed by atoms with Gasteiger partial charge in [-0.05, 0) is 24.3 Å². The molecule has 2 aromatic rings. The molecule has 0 atom stereocenters. The van der Waals surface area contributed by atoms with E-state index in [1.165, 1.54) is 4.88 Å². The summed E-state index contributed by atoms with van der Waals surface area (Å²) in [7, 11) is 0. The first-order chi connectivity index (χ1) is 7.78. The van der Waals surface area contributed by atoms with Gasteiger partial charge in [-0.2, -0.15) is 0 Å². The predicted molar refractivity (Wildman–Crippen MR) is 64.5 cm³/mol. The molecule has 0 fully saturated rings. The first-order valence-electron chi connectivity index (χ1n) is 4.91. The Morgan fingerprint density at radius 3 is 2.62 bits per heavy atom. The van der Waals surface area contributed by atoms with Crippen molar-refractivity contribution in [2.45, 2.75) is 19.7 Å². The Morgan fingerprint density at radius 1 is 1.19 bits per heavy atom. The van der Waals surface area contributed by atoms with E-state index >= 15 is 0 Å². The molecule has 0 saturated carbocycles. The quantitative estimate of drug-likeness (QED) is 0.866. The highest BCUT2D eigenvalue weighted by Crippen LogP contribution is 2.21. The van der Waals surface area contributed by atoms with Crippen LogP contribution in [0.15, 0.2) is 28.7 Å². The van der Waals surface area contributed by atoms with Gasteiger partial charge in [0.1, 0.15) is 18.1 Å². The van der Waals surface area contributed by atoms with Gasteiger partial charge in [-0.3, -0.25) is 0 Å². The number of thiophene rings is 1. The molecule has 3 nitrogen and oxygen atoms in total. The fourth-order valence-electron chi connectivity index (χ4n) is 1.36. The molecule has 2 rings (SSSR count). The maximum atomic E-state index is 8.83. The Bertz CT molecular complexity index is 452. The molecule has 86 valence electrons. The highest BCUT2D eigenvalue weighted by Gasteiger charge is 2.01. The summed E-state index contributed by atoms with van der Waals surface area (Å²) in [5.74, 6) is 1.42. The molecule has 2 N–H and O–H groups in total. The van der Waals surface area contributed by atoms with Crippen LogP contribution in [0.5, 0.6) is 0 Å². The van der Waals surface area contributed by atoms with E-state index in [1.807, 2.05) is 18.2 Å². The van der Waals surface area contributed by atoms with Gasteiger partial charge in [0.05, 0.1) is 10.9 Å². The zero-order chi connectivity index (χ0) is 11.4. The smallest absolute Gasteiger partial charge is 0.129 e. The second-order valence-corrected chi connectivity index (χ2v) is 5.14. The molecule has 16 heavy (non-hydrogen) atoms. The molecule has 2 heterocycles. The summed E-state index contributed by atoms with van der Waals surface area (Å²) in [6.07, 6.45) is 0. The van der Waals surface area contributed by atoms with E-state index in [2.05, 4.69) is 5.32 Å². The van der Waals surface area contributed by atoms with Crippen LogP contribution in [0.3, 0.4) is 0 Å². The van der Waals surface area contributed by atoms with Gasteiger partial charge in [0.15, 0.2) is 0 Å². The lowest BCUT2D eigenvalue weighted by Gasteiger charge is -1.99. The Labute approximate surface area is 103 Å². The van der Waals surface area contributed by atoms with Crippen molar-refractivity contribution in [3.8, 4) is 0 Å². The summed E-state index contributed by atoms with van der Waals surface area (Å²) in [6, 6.07) is 7.53. The van der Waals surface area contributed by atoms with Gasteiger partial charge < -0.3 is 14.8 Å². The third-order valence-electron chi connectivity index (χ3n) is 2.10. The van der Waals surface area contributed by atoms with Crippen LogP contribution in [0.1, 0.15) is 16.4 Å². The molecular formula is C11H12ClNO2S. The SMILES string of the molecule is OCc1ccc(CNCc2ccc(Cl)s2)o1. The summed E-state index contributed by atoms with van der Waals surface area (Å²) in [5.41, 5.74) is 0. The van der Waals surface area contributed by atoms with E-state index in [0.717, 1.165) is 16.6 Å². The van der Waals surface area contributed by atoms with Crippen LogP contribution in [0, 0.1) is 0 Å². The number of hydrogen-bond donors (Lipinski definition) is 2. The van der Waals surface area contributed by atoms with Crippen molar-refractivity contribution >= 4 is 22.9 Å². The normalized spacial score (nSPS) is 10.9. The predicted octanol–water partition coefficient (Wildman–Crippen LogP) is 2.78. The van der Waals surface area contributed by atoms with E-state index < -0.39 is 0 Å². The minimum atomic E-state index is -0.0550. The van der Waals surface area contributed by atoms with Crippen molar-refractivity contribution in [1.29, 1.82) is 0 Å². The van der Waals surface area contributed by atoms with Gasteiger partial charge in [-0.15, -0.1) is 11.3 Å². The van der Waals surface area contributed by atoms with Gasteiger partial charge in [-0.1, -0.05) is 11.6 Å². The molecular weight excluding hydrogens is 246 g/mol. The van der Waals surface area contributed by atoms with Gasteiger partial charge in [0.25, 0.3) is 0 Å². The third kappa shape index (κ3) is 3.09. The van der Waals surface area contributed by atoms with Crippen molar-refractivity contribution in [1.82, 2.24) is 5.32 Å². The molecule has 0 unspecified atom stereocenters. The Kier molecular flexibility index (Phi) is 4.01. The lowest BCUT2D eigenvalue weighted by atomic mass is 10.4. The van der Waals surface area contributed by atoms with Crippen molar-refractivity contribution in [3.63, 3.8) is 0 Å². The highest BCUT2D eigenvalue weighted by atomic mass is 35.5. The summed E-state index contributed by atoms with van der Waals surface area (Å²) < 4.78 is 6.14. The second kappa shape index (κ2) is 5.50. The van der Waals surface area contributed by atoms with E-state index in [9.17, 15) is 0 Å². The van der Waals surface area contributed by atoms with Crippen molar-refractivity contribution in [2.75, 3.05) is 0 Å². The highest BCUT2D eigenvalue weighted by molar-refractivity contribution is 7.16. The monoisotopic (exact) mass is 257 g/mol. The molecule has 0 aromatic carbocycles. The summed E-state index contributed by atoms with van der Waals surface area (Å²) in [4.78, 5) is 1.19. The van der Waals surface area contributed by atoms with Gasteiger partial charge in [0, 0.05) is 11.4 Å². The van der Waals surface area contributed by atoms with Crippen LogP contribution >= 0.6 is 22.9 Å². The van der Waals surface area contributed by atoms with Crippen LogP contribution in [0.25, 0.3) is 0 Å². The molecule has 0 saturated heterocycles. The maximum absolute atomic E-state index is 8.83. The fourth-order valence-corrected chi connectivity index (χ4v) is 2.42. The molecule has 0 spiro atoms. The number of rotatable bonds is 5. The Balaban J connectivity index is 1.79. The first-order valence-corrected chi connectivity index (χ1v) is 6.11. The molecule has 5 heteroatoms. The Hall–Kier alpha value is -0.810. The largest absolute Gasteiger partial charge is 0.462 e. The molecule has 0 bridgehead atoms. The minimum absolute atomic E-state index is 0.0550. The molecule has 2 aromatic heterocycles. The van der Waals surface area contributed by atoms with Crippen LogP contribution in [-0.4, -0.2) is 5.11 Å². The van der Waals surface area contributed by atoms with E-state index in [4.69, 9.17) is 21.1 Å².